The Morgan fingerprint density at radius 2 is 2.29 bits per heavy atom. The average Bonchev–Trinajstić information content (AvgIpc) is 2.83. The van der Waals surface area contributed by atoms with Crippen LogP contribution in [0.3, 0.4) is 0 Å². The number of nitrogens with zero attached hydrogens (tertiary/aromatic N) is 3. The van der Waals surface area contributed by atoms with Crippen molar-refractivity contribution in [3.8, 4) is 6.07 Å². The highest BCUT2D eigenvalue weighted by Gasteiger charge is 2.17. The Morgan fingerprint density at radius 3 is 2.94 bits per heavy atom. The lowest BCUT2D eigenvalue weighted by molar-refractivity contribution is 0.120. The second kappa shape index (κ2) is 5.11. The molecule has 1 saturated heterocycles. The molecule has 0 radical (unpaired) electrons. The van der Waals surface area contributed by atoms with E-state index in [0.717, 1.165) is 30.7 Å². The van der Waals surface area contributed by atoms with Gasteiger partial charge in [0, 0.05) is 13.2 Å². The van der Waals surface area contributed by atoms with Crippen LogP contribution in [0.2, 0.25) is 0 Å². The molecule has 1 aromatic rings. The minimum atomic E-state index is 0.227. The van der Waals surface area contributed by atoms with Crippen LogP contribution in [0.15, 0.2) is 0 Å². The Morgan fingerprint density at radius 1 is 1.47 bits per heavy atom. The smallest absolute Gasteiger partial charge is 0.167 e. The summed E-state index contributed by atoms with van der Waals surface area (Å²) < 4.78 is 5.51. The van der Waals surface area contributed by atoms with Gasteiger partial charge >= 0.3 is 0 Å². The number of hydrogen-bond acceptors (Lipinski definition) is 5. The highest BCUT2D eigenvalue weighted by molar-refractivity contribution is 5.55. The van der Waals surface area contributed by atoms with Gasteiger partial charge in [0.15, 0.2) is 5.82 Å². The van der Waals surface area contributed by atoms with Gasteiger partial charge in [-0.3, -0.25) is 0 Å². The molecule has 0 bridgehead atoms. The molecule has 5 heteroatoms. The Hall–Kier alpha value is -1.67. The van der Waals surface area contributed by atoms with Gasteiger partial charge in [-0.1, -0.05) is 0 Å². The molecule has 90 valence electrons. The van der Waals surface area contributed by atoms with Crippen molar-refractivity contribution in [1.29, 1.82) is 5.26 Å². The molecule has 1 aromatic heterocycles. The first-order valence-electron chi connectivity index (χ1n) is 5.82. The monoisotopic (exact) mass is 232 g/mol. The summed E-state index contributed by atoms with van der Waals surface area (Å²) in [7, 11) is 0. The SMILES string of the molecule is Cc1nnc(NCC2CCCO2)c(C#N)c1C. The van der Waals surface area contributed by atoms with Gasteiger partial charge in [0.25, 0.3) is 0 Å². The predicted octanol–water partition coefficient (Wildman–Crippen LogP) is 1.56. The molecule has 0 amide bonds. The fraction of sp³-hybridized carbons (Fsp3) is 0.583. The van der Waals surface area contributed by atoms with Crippen LogP contribution >= 0.6 is 0 Å². The summed E-state index contributed by atoms with van der Waals surface area (Å²) in [6.07, 6.45) is 2.40. The number of aromatic nitrogens is 2. The lowest BCUT2D eigenvalue weighted by Crippen LogP contribution is -2.20. The van der Waals surface area contributed by atoms with E-state index in [-0.39, 0.29) is 6.10 Å². The van der Waals surface area contributed by atoms with Crippen LogP contribution in [0.25, 0.3) is 0 Å². The van der Waals surface area contributed by atoms with Gasteiger partial charge in [-0.15, -0.1) is 5.10 Å². The fourth-order valence-electron chi connectivity index (χ4n) is 1.88. The van der Waals surface area contributed by atoms with Crippen LogP contribution < -0.4 is 5.32 Å². The van der Waals surface area contributed by atoms with E-state index in [2.05, 4.69) is 21.6 Å². The predicted molar refractivity (Wildman–Crippen MR) is 63.7 cm³/mol. The largest absolute Gasteiger partial charge is 0.376 e. The lowest BCUT2D eigenvalue weighted by atomic mass is 10.1. The minimum absolute atomic E-state index is 0.227. The first-order chi connectivity index (χ1) is 8.22. The molecule has 1 fully saturated rings. The second-order valence-electron chi connectivity index (χ2n) is 4.26. The van der Waals surface area contributed by atoms with E-state index >= 15 is 0 Å². The summed E-state index contributed by atoms with van der Waals surface area (Å²) in [5, 5.41) is 20.3. The number of anilines is 1. The van der Waals surface area contributed by atoms with Crippen molar-refractivity contribution in [3.63, 3.8) is 0 Å². The van der Waals surface area contributed by atoms with E-state index < -0.39 is 0 Å². The van der Waals surface area contributed by atoms with Crippen LogP contribution in [-0.2, 0) is 4.74 Å². The van der Waals surface area contributed by atoms with Crippen LogP contribution in [0.5, 0.6) is 0 Å². The maximum absolute atomic E-state index is 9.13. The number of nitriles is 1. The van der Waals surface area contributed by atoms with Gasteiger partial charge in [0.2, 0.25) is 0 Å². The summed E-state index contributed by atoms with van der Waals surface area (Å²) in [6.45, 7) is 5.26. The highest BCUT2D eigenvalue weighted by Crippen LogP contribution is 2.18. The number of hydrogen-bond donors (Lipinski definition) is 1. The molecule has 17 heavy (non-hydrogen) atoms. The number of nitrogens with one attached hydrogen (secondary N) is 1. The average molecular weight is 232 g/mol. The van der Waals surface area contributed by atoms with Crippen LogP contribution in [0, 0.1) is 25.2 Å². The summed E-state index contributed by atoms with van der Waals surface area (Å²) in [6, 6.07) is 2.17. The van der Waals surface area contributed by atoms with E-state index in [1.165, 1.54) is 0 Å². The third-order valence-corrected chi connectivity index (χ3v) is 3.09. The van der Waals surface area contributed by atoms with Gasteiger partial charge in [-0.05, 0) is 32.3 Å². The van der Waals surface area contributed by atoms with Crippen LogP contribution in [0.4, 0.5) is 5.82 Å². The Bertz CT molecular complexity index is 447. The van der Waals surface area contributed by atoms with E-state index in [0.29, 0.717) is 17.9 Å². The molecule has 0 aliphatic carbocycles. The molecule has 1 atom stereocenters. The van der Waals surface area contributed by atoms with Crippen molar-refractivity contribution in [2.75, 3.05) is 18.5 Å². The standard InChI is InChI=1S/C12H16N4O/c1-8-9(2)15-16-12(11(8)6-13)14-7-10-4-3-5-17-10/h10H,3-5,7H2,1-2H3,(H,14,16). The maximum Gasteiger partial charge on any atom is 0.167 e. The van der Waals surface area contributed by atoms with E-state index in [4.69, 9.17) is 10.00 Å². The Kier molecular flexibility index (Phi) is 3.55. The minimum Gasteiger partial charge on any atom is -0.376 e. The van der Waals surface area contributed by atoms with E-state index in [1.54, 1.807) is 0 Å². The fourth-order valence-corrected chi connectivity index (χ4v) is 1.88. The molecule has 2 rings (SSSR count). The molecule has 1 aliphatic heterocycles. The van der Waals surface area contributed by atoms with Crippen molar-refractivity contribution >= 4 is 5.82 Å². The molecular formula is C12H16N4O. The zero-order chi connectivity index (χ0) is 12.3. The van der Waals surface area contributed by atoms with Crippen molar-refractivity contribution in [2.45, 2.75) is 32.8 Å². The molecule has 1 aliphatic rings. The third-order valence-electron chi connectivity index (χ3n) is 3.09. The zero-order valence-electron chi connectivity index (χ0n) is 10.2. The van der Waals surface area contributed by atoms with Gasteiger partial charge in [0.05, 0.1) is 11.8 Å². The first kappa shape index (κ1) is 11.8. The summed E-state index contributed by atoms with van der Waals surface area (Å²) >= 11 is 0. The molecule has 1 unspecified atom stereocenters. The first-order valence-corrected chi connectivity index (χ1v) is 5.82. The van der Waals surface area contributed by atoms with Crippen LogP contribution in [-0.4, -0.2) is 29.5 Å². The van der Waals surface area contributed by atoms with Crippen LogP contribution in [0.1, 0.15) is 29.7 Å². The van der Waals surface area contributed by atoms with Crippen molar-refractivity contribution in [1.82, 2.24) is 10.2 Å². The molecule has 0 saturated carbocycles. The van der Waals surface area contributed by atoms with Gasteiger partial charge < -0.3 is 10.1 Å². The summed E-state index contributed by atoms with van der Waals surface area (Å²) in [4.78, 5) is 0. The highest BCUT2D eigenvalue weighted by atomic mass is 16.5. The van der Waals surface area contributed by atoms with Crippen molar-refractivity contribution in [3.05, 3.63) is 16.8 Å². The van der Waals surface area contributed by atoms with E-state index in [1.807, 2.05) is 13.8 Å². The topological polar surface area (TPSA) is 70.8 Å². The van der Waals surface area contributed by atoms with Gasteiger partial charge in [-0.25, -0.2) is 0 Å². The number of ether oxygens (including phenoxy) is 1. The summed E-state index contributed by atoms with van der Waals surface area (Å²) in [5.74, 6) is 0.561. The Balaban J connectivity index is 2.10. The molecule has 2 heterocycles. The lowest BCUT2D eigenvalue weighted by Gasteiger charge is -2.13. The number of rotatable bonds is 3. The quantitative estimate of drug-likeness (QED) is 0.856. The normalized spacial score (nSPS) is 19.0. The van der Waals surface area contributed by atoms with E-state index in [9.17, 15) is 0 Å². The molecular weight excluding hydrogens is 216 g/mol. The number of aryl methyl sites for hydroxylation is 1. The summed E-state index contributed by atoms with van der Waals surface area (Å²) in [5.41, 5.74) is 2.26. The van der Waals surface area contributed by atoms with Gasteiger partial charge in [0.1, 0.15) is 11.6 Å². The molecule has 0 spiro atoms. The Labute approximate surface area is 101 Å². The van der Waals surface area contributed by atoms with Crippen molar-refractivity contribution in [2.24, 2.45) is 0 Å². The van der Waals surface area contributed by atoms with Crippen molar-refractivity contribution < 1.29 is 4.74 Å². The molecule has 5 nitrogen and oxygen atoms in total. The molecule has 0 aromatic carbocycles. The second-order valence-corrected chi connectivity index (χ2v) is 4.26. The third kappa shape index (κ3) is 2.53. The van der Waals surface area contributed by atoms with Gasteiger partial charge in [-0.2, -0.15) is 10.4 Å². The zero-order valence-corrected chi connectivity index (χ0v) is 10.2. The maximum atomic E-state index is 9.13. The molecule has 1 N–H and O–H groups in total.